The number of hydrogen-bond acceptors (Lipinski definition) is 4. The molecule has 0 saturated carbocycles. The van der Waals surface area contributed by atoms with Crippen molar-refractivity contribution in [3.8, 4) is 5.75 Å². The number of ether oxygens (including phenoxy) is 1. The summed E-state index contributed by atoms with van der Waals surface area (Å²) in [7, 11) is 1.62. The number of aromatic nitrogens is 2. The maximum absolute atomic E-state index is 13.4. The average molecular weight is 408 g/mol. The minimum atomic E-state index is -1.72. The summed E-state index contributed by atoms with van der Waals surface area (Å²) in [4.78, 5) is 27.3. The lowest BCUT2D eigenvalue weighted by atomic mass is 10.00. The highest BCUT2D eigenvalue weighted by Crippen LogP contribution is 2.38. The van der Waals surface area contributed by atoms with Crippen LogP contribution >= 0.6 is 0 Å². The van der Waals surface area contributed by atoms with Crippen LogP contribution in [0.4, 0.5) is 15.8 Å². The van der Waals surface area contributed by atoms with Crippen molar-refractivity contribution in [2.75, 3.05) is 17.3 Å². The Balaban J connectivity index is 1.52. The maximum Gasteiger partial charge on any atom is 0.280 e. The molecule has 154 valence electrons. The summed E-state index contributed by atoms with van der Waals surface area (Å²) in [6.45, 7) is 3.71. The Kier molecular flexibility index (Phi) is 4.77. The van der Waals surface area contributed by atoms with Crippen LogP contribution in [0.25, 0.3) is 0 Å². The molecule has 1 N–H and O–H groups in total. The number of nitrogens with one attached hydrogen (secondary N) is 1. The molecule has 4 rings (SSSR count). The lowest BCUT2D eigenvalue weighted by molar-refractivity contribution is -0.144. The molecule has 2 heterocycles. The fraction of sp³-hybridized carbons (Fsp3) is 0.227. The third-order valence-electron chi connectivity index (χ3n) is 5.06. The molecule has 1 aliphatic heterocycles. The van der Waals surface area contributed by atoms with E-state index in [-0.39, 0.29) is 5.82 Å². The first kappa shape index (κ1) is 19.6. The van der Waals surface area contributed by atoms with Gasteiger partial charge in [0.25, 0.3) is 17.4 Å². The quantitative estimate of drug-likeness (QED) is 0.673. The minimum absolute atomic E-state index is 0.325. The number of carbonyl (C=O) groups excluding carboxylic acids is 2. The number of rotatable bonds is 4. The normalized spacial score (nSPS) is 18.0. The number of aryl methyl sites for hydroxylation is 1. The van der Waals surface area contributed by atoms with E-state index in [2.05, 4.69) is 10.4 Å². The van der Waals surface area contributed by atoms with Crippen molar-refractivity contribution >= 4 is 23.2 Å². The zero-order valence-corrected chi connectivity index (χ0v) is 16.8. The number of amides is 2. The van der Waals surface area contributed by atoms with E-state index in [1.165, 1.54) is 30.2 Å². The Labute approximate surface area is 173 Å². The van der Waals surface area contributed by atoms with Gasteiger partial charge >= 0.3 is 0 Å². The smallest absolute Gasteiger partial charge is 0.280 e. The molecule has 1 aromatic heterocycles. The predicted molar refractivity (Wildman–Crippen MR) is 110 cm³/mol. The van der Waals surface area contributed by atoms with Crippen molar-refractivity contribution in [3.05, 3.63) is 71.8 Å². The molecule has 2 aromatic carbocycles. The number of anilines is 2. The monoisotopic (exact) mass is 408 g/mol. The van der Waals surface area contributed by atoms with Crippen molar-refractivity contribution in [1.82, 2.24) is 9.78 Å². The molecule has 0 fully saturated rings. The first-order chi connectivity index (χ1) is 14.3. The number of carbonyl (C=O) groups is 2. The molecule has 2 amide bonds. The Hall–Kier alpha value is -3.68. The van der Waals surface area contributed by atoms with Crippen molar-refractivity contribution in [2.24, 2.45) is 0 Å². The van der Waals surface area contributed by atoms with Gasteiger partial charge in [0.2, 0.25) is 0 Å². The largest absolute Gasteiger partial charge is 0.465 e. The van der Waals surface area contributed by atoms with E-state index in [1.54, 1.807) is 36.1 Å². The van der Waals surface area contributed by atoms with E-state index in [1.807, 2.05) is 19.1 Å². The van der Waals surface area contributed by atoms with Gasteiger partial charge in [0.1, 0.15) is 11.6 Å². The molecule has 0 spiro atoms. The van der Waals surface area contributed by atoms with Gasteiger partial charge < -0.3 is 15.0 Å². The minimum Gasteiger partial charge on any atom is -0.465 e. The van der Waals surface area contributed by atoms with Gasteiger partial charge in [0, 0.05) is 13.2 Å². The number of hydrogen-bond donors (Lipinski definition) is 1. The molecule has 8 heteroatoms. The summed E-state index contributed by atoms with van der Waals surface area (Å²) in [5.41, 5.74) is 1.03. The fourth-order valence-electron chi connectivity index (χ4n) is 3.40. The van der Waals surface area contributed by atoms with E-state index >= 15 is 0 Å². The SMILES string of the molecule is Cc1ccc2c(c1)N(C)C(=O)C(C)(C(=O)Nc1cnn(Cc3cccc(F)c3)c1)O2. The lowest BCUT2D eigenvalue weighted by Crippen LogP contribution is -2.59. The Morgan fingerprint density at radius 1 is 1.27 bits per heavy atom. The number of benzene rings is 2. The zero-order valence-electron chi connectivity index (χ0n) is 16.8. The summed E-state index contributed by atoms with van der Waals surface area (Å²) in [5, 5.41) is 6.88. The Morgan fingerprint density at radius 2 is 2.07 bits per heavy atom. The van der Waals surface area contributed by atoms with Crippen LogP contribution in [0.1, 0.15) is 18.1 Å². The second kappa shape index (κ2) is 7.29. The molecule has 1 aliphatic rings. The van der Waals surface area contributed by atoms with Gasteiger partial charge in [0.05, 0.1) is 24.1 Å². The third-order valence-corrected chi connectivity index (χ3v) is 5.06. The molecular weight excluding hydrogens is 387 g/mol. The molecule has 0 aliphatic carbocycles. The maximum atomic E-state index is 13.4. The topological polar surface area (TPSA) is 76.5 Å². The van der Waals surface area contributed by atoms with Crippen molar-refractivity contribution in [2.45, 2.75) is 26.0 Å². The van der Waals surface area contributed by atoms with Crippen LogP contribution in [0.3, 0.4) is 0 Å². The number of likely N-dealkylation sites (N-methyl/N-ethyl adjacent to an activating group) is 1. The molecular formula is C22H21FN4O3. The summed E-state index contributed by atoms with van der Waals surface area (Å²) in [5.74, 6) is -0.933. The molecule has 0 radical (unpaired) electrons. The highest BCUT2D eigenvalue weighted by atomic mass is 19.1. The average Bonchev–Trinajstić information content (AvgIpc) is 3.13. The number of halogens is 1. The second-order valence-corrected chi connectivity index (χ2v) is 7.48. The van der Waals surface area contributed by atoms with Gasteiger partial charge in [-0.25, -0.2) is 4.39 Å². The summed E-state index contributed by atoms with van der Waals surface area (Å²) in [6, 6.07) is 11.6. The molecule has 0 bridgehead atoms. The van der Waals surface area contributed by atoms with Gasteiger partial charge in [0.15, 0.2) is 0 Å². The van der Waals surface area contributed by atoms with Crippen molar-refractivity contribution in [3.63, 3.8) is 0 Å². The van der Waals surface area contributed by atoms with E-state index in [0.29, 0.717) is 23.7 Å². The van der Waals surface area contributed by atoms with Crippen LogP contribution in [0.15, 0.2) is 54.9 Å². The first-order valence-corrected chi connectivity index (χ1v) is 9.42. The molecule has 3 aromatic rings. The van der Waals surface area contributed by atoms with Gasteiger partial charge in [-0.05, 0) is 49.2 Å². The molecule has 7 nitrogen and oxygen atoms in total. The van der Waals surface area contributed by atoms with Crippen LogP contribution in [-0.4, -0.2) is 34.2 Å². The van der Waals surface area contributed by atoms with E-state index in [9.17, 15) is 14.0 Å². The molecule has 1 atom stereocenters. The van der Waals surface area contributed by atoms with Crippen molar-refractivity contribution in [1.29, 1.82) is 0 Å². The highest BCUT2D eigenvalue weighted by molar-refractivity contribution is 6.19. The lowest BCUT2D eigenvalue weighted by Gasteiger charge is -2.37. The summed E-state index contributed by atoms with van der Waals surface area (Å²) >= 11 is 0. The van der Waals surface area contributed by atoms with E-state index in [0.717, 1.165) is 11.1 Å². The summed E-state index contributed by atoms with van der Waals surface area (Å²) in [6.07, 6.45) is 3.08. The molecule has 30 heavy (non-hydrogen) atoms. The third kappa shape index (κ3) is 3.52. The Morgan fingerprint density at radius 3 is 2.83 bits per heavy atom. The van der Waals surface area contributed by atoms with Gasteiger partial charge in [-0.3, -0.25) is 14.3 Å². The Bertz CT molecular complexity index is 1140. The zero-order chi connectivity index (χ0) is 21.5. The van der Waals surface area contributed by atoms with Crippen LogP contribution in [0.2, 0.25) is 0 Å². The van der Waals surface area contributed by atoms with Crippen LogP contribution in [0.5, 0.6) is 5.75 Å². The van der Waals surface area contributed by atoms with Gasteiger partial charge in [-0.1, -0.05) is 18.2 Å². The van der Waals surface area contributed by atoms with Gasteiger partial charge in [-0.2, -0.15) is 5.10 Å². The standard InChI is InChI=1S/C22H21FN4O3/c1-14-7-8-19-18(9-14)26(3)21(29)22(2,30-19)20(28)25-17-11-24-27(13-17)12-15-5-4-6-16(23)10-15/h4-11,13H,12H2,1-3H3,(H,25,28). The van der Waals surface area contributed by atoms with E-state index in [4.69, 9.17) is 4.74 Å². The van der Waals surface area contributed by atoms with E-state index < -0.39 is 17.4 Å². The fourth-order valence-corrected chi connectivity index (χ4v) is 3.40. The number of fused-ring (bicyclic) bond motifs is 1. The predicted octanol–water partition coefficient (Wildman–Crippen LogP) is 3.13. The van der Waals surface area contributed by atoms with Crippen LogP contribution in [0, 0.1) is 12.7 Å². The summed E-state index contributed by atoms with van der Waals surface area (Å²) < 4.78 is 20.8. The molecule has 0 saturated heterocycles. The van der Waals surface area contributed by atoms with Crippen LogP contribution in [-0.2, 0) is 16.1 Å². The highest BCUT2D eigenvalue weighted by Gasteiger charge is 2.49. The molecule has 1 unspecified atom stereocenters. The first-order valence-electron chi connectivity index (χ1n) is 9.42. The number of nitrogens with zero attached hydrogens (tertiary/aromatic N) is 3. The second-order valence-electron chi connectivity index (χ2n) is 7.48. The van der Waals surface area contributed by atoms with Crippen molar-refractivity contribution < 1.29 is 18.7 Å². The van der Waals surface area contributed by atoms with Crippen LogP contribution < -0.4 is 15.0 Å². The van der Waals surface area contributed by atoms with Gasteiger partial charge in [-0.15, -0.1) is 0 Å².